The first-order chi connectivity index (χ1) is 6.20. The van der Waals surface area contributed by atoms with Gasteiger partial charge in [0, 0.05) is 19.1 Å². The Morgan fingerprint density at radius 2 is 1.77 bits per heavy atom. The van der Waals surface area contributed by atoms with E-state index >= 15 is 0 Å². The molecule has 0 amide bonds. The molecule has 0 aromatic carbocycles. The van der Waals surface area contributed by atoms with Gasteiger partial charge in [0.2, 0.25) is 0 Å². The van der Waals surface area contributed by atoms with E-state index in [1.54, 1.807) is 0 Å². The molecule has 0 spiro atoms. The molecule has 5 heteroatoms. The normalized spacial score (nSPS) is 16.1. The van der Waals surface area contributed by atoms with Crippen LogP contribution in [0.2, 0.25) is 0 Å². The van der Waals surface area contributed by atoms with Crippen LogP contribution < -0.4 is 0 Å². The quantitative estimate of drug-likeness (QED) is 0.602. The lowest BCUT2D eigenvalue weighted by Gasteiger charge is -2.22. The molecular formula is C8H8Cl3NO. The molecule has 1 aliphatic heterocycles. The molecule has 1 saturated heterocycles. The summed E-state index contributed by atoms with van der Waals surface area (Å²) in [5.41, 5.74) is 0. The van der Waals surface area contributed by atoms with Crippen LogP contribution >= 0.6 is 34.8 Å². The Labute approximate surface area is 92.4 Å². The molecule has 72 valence electrons. The van der Waals surface area contributed by atoms with E-state index in [0.717, 1.165) is 13.1 Å². The largest absolute Gasteiger partial charge is 0.378 e. The molecule has 0 bridgehead atoms. The average molecular weight is 241 g/mol. The smallest absolute Gasteiger partial charge is 0.133 e. The standard InChI is InChI=1S/C8H8Cl3NO/c9-7(8(10)11)1-2-12-3-5-13-6-4-12/h3-6H2. The van der Waals surface area contributed by atoms with Crippen molar-refractivity contribution in [3.63, 3.8) is 0 Å². The maximum absolute atomic E-state index is 5.62. The highest BCUT2D eigenvalue weighted by Crippen LogP contribution is 2.16. The summed E-state index contributed by atoms with van der Waals surface area (Å²) in [7, 11) is 0. The van der Waals surface area contributed by atoms with Crippen LogP contribution in [0.3, 0.4) is 0 Å². The van der Waals surface area contributed by atoms with E-state index in [-0.39, 0.29) is 9.52 Å². The fraction of sp³-hybridized carbons (Fsp3) is 0.500. The zero-order chi connectivity index (χ0) is 9.68. The Kier molecular flexibility index (Phi) is 4.76. The summed E-state index contributed by atoms with van der Waals surface area (Å²) in [5, 5.41) is 0.176. The molecular weight excluding hydrogens is 232 g/mol. The third-order valence-corrected chi connectivity index (χ3v) is 2.36. The Morgan fingerprint density at radius 3 is 2.31 bits per heavy atom. The highest BCUT2D eigenvalue weighted by atomic mass is 35.5. The molecule has 0 aromatic heterocycles. The van der Waals surface area contributed by atoms with E-state index in [0.29, 0.717) is 13.2 Å². The number of allylic oxidation sites excluding steroid dienone is 1. The van der Waals surface area contributed by atoms with Gasteiger partial charge in [-0.05, 0) is 5.92 Å². The maximum atomic E-state index is 5.62. The number of nitrogens with zero attached hydrogens (tertiary/aromatic N) is 1. The number of rotatable bonds is 0. The van der Waals surface area contributed by atoms with E-state index in [1.807, 2.05) is 4.90 Å². The van der Waals surface area contributed by atoms with Gasteiger partial charge in [-0.2, -0.15) is 0 Å². The van der Waals surface area contributed by atoms with Gasteiger partial charge in [-0.15, -0.1) is 0 Å². The Morgan fingerprint density at radius 1 is 1.15 bits per heavy atom. The molecule has 1 heterocycles. The van der Waals surface area contributed by atoms with Gasteiger partial charge in [0.05, 0.1) is 13.2 Å². The van der Waals surface area contributed by atoms with Crippen molar-refractivity contribution in [1.29, 1.82) is 0 Å². The van der Waals surface area contributed by atoms with Crippen LogP contribution in [0.15, 0.2) is 9.52 Å². The summed E-state index contributed by atoms with van der Waals surface area (Å²) in [5.74, 6) is 2.65. The Bertz CT molecular complexity index is 256. The van der Waals surface area contributed by atoms with E-state index in [2.05, 4.69) is 12.0 Å². The average Bonchev–Trinajstić information content (AvgIpc) is 2.15. The van der Waals surface area contributed by atoms with Gasteiger partial charge in [0.1, 0.15) is 9.52 Å². The van der Waals surface area contributed by atoms with Crippen LogP contribution in [-0.2, 0) is 4.74 Å². The number of halogens is 3. The summed E-state index contributed by atoms with van der Waals surface area (Å²) >= 11 is 16.4. The van der Waals surface area contributed by atoms with Gasteiger partial charge in [-0.25, -0.2) is 0 Å². The fourth-order valence-corrected chi connectivity index (χ4v) is 0.987. The van der Waals surface area contributed by atoms with Crippen molar-refractivity contribution in [1.82, 2.24) is 4.90 Å². The minimum atomic E-state index is 0.00225. The van der Waals surface area contributed by atoms with Crippen molar-refractivity contribution in [3.05, 3.63) is 9.52 Å². The van der Waals surface area contributed by atoms with Gasteiger partial charge in [-0.1, -0.05) is 34.8 Å². The maximum Gasteiger partial charge on any atom is 0.133 e. The molecule has 1 rings (SSSR count). The monoisotopic (exact) mass is 239 g/mol. The summed E-state index contributed by atoms with van der Waals surface area (Å²) < 4.78 is 5.15. The third-order valence-electron chi connectivity index (χ3n) is 1.50. The summed E-state index contributed by atoms with van der Waals surface area (Å²) in [6.45, 7) is 2.98. The van der Waals surface area contributed by atoms with Crippen molar-refractivity contribution in [2.45, 2.75) is 0 Å². The molecule has 0 aliphatic carbocycles. The summed E-state index contributed by atoms with van der Waals surface area (Å²) in [4.78, 5) is 1.92. The highest BCUT2D eigenvalue weighted by molar-refractivity contribution is 6.59. The molecule has 0 aromatic rings. The van der Waals surface area contributed by atoms with Crippen LogP contribution in [0.25, 0.3) is 0 Å². The van der Waals surface area contributed by atoms with Gasteiger partial charge in [-0.3, -0.25) is 0 Å². The first kappa shape index (κ1) is 11.0. The minimum Gasteiger partial charge on any atom is -0.378 e. The van der Waals surface area contributed by atoms with Gasteiger partial charge in [0.25, 0.3) is 0 Å². The van der Waals surface area contributed by atoms with E-state index in [9.17, 15) is 0 Å². The predicted octanol–water partition coefficient (Wildman–Crippen LogP) is 2.17. The molecule has 0 N–H and O–H groups in total. The lowest BCUT2D eigenvalue weighted by Crippen LogP contribution is -2.32. The zero-order valence-corrected chi connectivity index (χ0v) is 9.09. The fourth-order valence-electron chi connectivity index (χ4n) is 0.851. The van der Waals surface area contributed by atoms with E-state index in [4.69, 9.17) is 39.5 Å². The first-order valence-corrected chi connectivity index (χ1v) is 4.88. The SMILES string of the molecule is ClC(Cl)=C(Cl)C#CN1CCOCC1. The first-order valence-electron chi connectivity index (χ1n) is 3.75. The topological polar surface area (TPSA) is 12.5 Å². The van der Waals surface area contributed by atoms with Crippen LogP contribution in [0.4, 0.5) is 0 Å². The second-order valence-corrected chi connectivity index (χ2v) is 3.74. The lowest BCUT2D eigenvalue weighted by molar-refractivity contribution is 0.0638. The summed E-state index contributed by atoms with van der Waals surface area (Å²) in [6.07, 6.45) is 0. The second kappa shape index (κ2) is 5.62. The molecule has 13 heavy (non-hydrogen) atoms. The number of ether oxygens (including phenoxy) is 1. The summed E-state index contributed by atoms with van der Waals surface area (Å²) in [6, 6.07) is 2.85. The van der Waals surface area contributed by atoms with Gasteiger partial charge >= 0.3 is 0 Å². The van der Waals surface area contributed by atoms with Crippen molar-refractivity contribution < 1.29 is 4.74 Å². The van der Waals surface area contributed by atoms with Crippen molar-refractivity contribution in [2.75, 3.05) is 26.3 Å². The predicted molar refractivity (Wildman–Crippen MR) is 54.8 cm³/mol. The van der Waals surface area contributed by atoms with Crippen LogP contribution in [0.1, 0.15) is 0 Å². The van der Waals surface area contributed by atoms with E-state index < -0.39 is 0 Å². The molecule has 2 nitrogen and oxygen atoms in total. The highest BCUT2D eigenvalue weighted by Gasteiger charge is 2.05. The van der Waals surface area contributed by atoms with Crippen LogP contribution in [0, 0.1) is 12.0 Å². The molecule has 0 radical (unpaired) electrons. The van der Waals surface area contributed by atoms with Crippen molar-refractivity contribution >= 4 is 34.8 Å². The van der Waals surface area contributed by atoms with Crippen LogP contribution in [-0.4, -0.2) is 31.2 Å². The molecule has 0 unspecified atom stereocenters. The van der Waals surface area contributed by atoms with Crippen molar-refractivity contribution in [3.8, 4) is 12.0 Å². The molecule has 1 fully saturated rings. The number of morpholine rings is 1. The second-order valence-electron chi connectivity index (χ2n) is 2.41. The third kappa shape index (κ3) is 4.10. The van der Waals surface area contributed by atoms with Gasteiger partial charge in [0.15, 0.2) is 0 Å². The number of hydrogen-bond donors (Lipinski definition) is 0. The Balaban J connectivity index is 2.50. The van der Waals surface area contributed by atoms with Crippen LogP contribution in [0.5, 0.6) is 0 Å². The number of hydrogen-bond acceptors (Lipinski definition) is 2. The van der Waals surface area contributed by atoms with Crippen molar-refractivity contribution in [2.24, 2.45) is 0 Å². The molecule has 0 saturated carbocycles. The Hall–Kier alpha value is -0.0700. The van der Waals surface area contributed by atoms with Gasteiger partial charge < -0.3 is 9.64 Å². The zero-order valence-electron chi connectivity index (χ0n) is 6.82. The minimum absolute atomic E-state index is 0.00225. The molecule has 0 atom stereocenters. The van der Waals surface area contributed by atoms with E-state index in [1.165, 1.54) is 0 Å². The molecule has 1 aliphatic rings. The lowest BCUT2D eigenvalue weighted by atomic mass is 10.4.